The number of hydrogen-bond acceptors (Lipinski definition) is 5. The molecule has 1 fully saturated rings. The summed E-state index contributed by atoms with van der Waals surface area (Å²) in [6.45, 7) is 1.61. The van der Waals surface area contributed by atoms with Crippen molar-refractivity contribution in [2.75, 3.05) is 6.61 Å². The number of carbonyl (C=O) groups excluding carboxylic acids is 2. The summed E-state index contributed by atoms with van der Waals surface area (Å²) in [4.78, 5) is 23.6. The van der Waals surface area contributed by atoms with Crippen LogP contribution in [0.1, 0.15) is 27.6 Å². The van der Waals surface area contributed by atoms with E-state index >= 15 is 0 Å². The topological polar surface area (TPSA) is 61.8 Å². The van der Waals surface area contributed by atoms with Gasteiger partial charge in [-0.1, -0.05) is 52.3 Å². The molecule has 0 radical (unpaired) electrons. The first kappa shape index (κ1) is 19.9. The highest BCUT2D eigenvalue weighted by Crippen LogP contribution is 2.42. The van der Waals surface area contributed by atoms with Gasteiger partial charge in [-0.05, 0) is 31.2 Å². The van der Waals surface area contributed by atoms with Crippen LogP contribution < -0.4 is 0 Å². The molecular weight excluding hydrogens is 436 g/mol. The van der Waals surface area contributed by atoms with Crippen molar-refractivity contribution in [2.45, 2.75) is 29.0 Å². The van der Waals surface area contributed by atoms with Gasteiger partial charge in [-0.25, -0.2) is 9.59 Å². The largest absolute Gasteiger partial charge is 0.459 e. The van der Waals surface area contributed by atoms with E-state index in [0.717, 1.165) is 0 Å². The van der Waals surface area contributed by atoms with E-state index in [1.165, 1.54) is 0 Å². The van der Waals surface area contributed by atoms with Crippen LogP contribution in [0.5, 0.6) is 0 Å². The molecule has 5 nitrogen and oxygen atoms in total. The molecule has 0 unspecified atom stereocenters. The Morgan fingerprint density at radius 1 is 1.04 bits per heavy atom. The molecule has 3 rings (SSSR count). The zero-order valence-electron chi connectivity index (χ0n) is 14.5. The molecular formula is C20H18BrClO5. The number of halogens is 2. The Bertz CT molecular complexity index is 797. The molecule has 0 amide bonds. The molecule has 0 bridgehead atoms. The third-order valence-electron chi connectivity index (χ3n) is 4.26. The molecule has 0 N–H and O–H groups in total. The smallest absolute Gasteiger partial charge is 0.338 e. The quantitative estimate of drug-likeness (QED) is 0.502. The average molecular weight is 454 g/mol. The third-order valence-corrected chi connectivity index (χ3v) is 6.11. The Hall–Kier alpha value is -1.89. The van der Waals surface area contributed by atoms with Gasteiger partial charge >= 0.3 is 11.9 Å². The second-order valence-electron chi connectivity index (χ2n) is 6.30. The second kappa shape index (κ2) is 8.42. The highest BCUT2D eigenvalue weighted by Gasteiger charge is 2.54. The van der Waals surface area contributed by atoms with E-state index < -0.39 is 34.0 Å². The lowest BCUT2D eigenvalue weighted by Gasteiger charge is -2.27. The van der Waals surface area contributed by atoms with Crippen LogP contribution in [0.15, 0.2) is 60.7 Å². The van der Waals surface area contributed by atoms with E-state index in [-0.39, 0.29) is 6.61 Å². The lowest BCUT2D eigenvalue weighted by molar-refractivity contribution is -0.0321. The standard InChI is InChI=1S/C20H18BrClO5/c1-20(22)16(27-18(24)14-10-6-3-7-11-14)15(26-19(20)21)12-25-17(23)13-8-4-2-5-9-13/h2-11,15-16,19H,12H2,1H3/t15-,16-,19+,20-/m1/s1. The minimum atomic E-state index is -1.02. The van der Waals surface area contributed by atoms with Gasteiger partial charge in [0.15, 0.2) is 6.10 Å². The van der Waals surface area contributed by atoms with Gasteiger partial charge in [0, 0.05) is 0 Å². The van der Waals surface area contributed by atoms with Gasteiger partial charge in [-0.15, -0.1) is 11.6 Å². The summed E-state index contributed by atoms with van der Waals surface area (Å²) in [5.74, 6) is -1.00. The fourth-order valence-electron chi connectivity index (χ4n) is 2.74. The predicted octanol–water partition coefficient (Wildman–Crippen LogP) is 4.19. The Balaban J connectivity index is 1.69. The Kier molecular flexibility index (Phi) is 6.19. The van der Waals surface area contributed by atoms with Crippen molar-refractivity contribution in [3.63, 3.8) is 0 Å². The van der Waals surface area contributed by atoms with Crippen LogP contribution in [-0.4, -0.2) is 40.6 Å². The van der Waals surface area contributed by atoms with E-state index in [9.17, 15) is 9.59 Å². The Morgan fingerprint density at radius 3 is 2.11 bits per heavy atom. The number of benzene rings is 2. The van der Waals surface area contributed by atoms with Gasteiger partial charge in [0.1, 0.15) is 22.6 Å². The zero-order valence-corrected chi connectivity index (χ0v) is 16.9. The van der Waals surface area contributed by atoms with Crippen molar-refractivity contribution < 1.29 is 23.8 Å². The SMILES string of the molecule is C[C@@]1(Cl)[C@H](OC(=O)c2ccccc2)[C@@H](COC(=O)c2ccccc2)O[C@@H]1Br. The van der Waals surface area contributed by atoms with Gasteiger partial charge in [0.25, 0.3) is 0 Å². The summed E-state index contributed by atoms with van der Waals surface area (Å²) in [7, 11) is 0. The van der Waals surface area contributed by atoms with E-state index in [4.69, 9.17) is 25.8 Å². The third kappa shape index (κ3) is 4.51. The number of carbonyl (C=O) groups is 2. The molecule has 1 aliphatic heterocycles. The molecule has 27 heavy (non-hydrogen) atoms. The van der Waals surface area contributed by atoms with Gasteiger partial charge in [-0.3, -0.25) is 0 Å². The minimum Gasteiger partial charge on any atom is -0.459 e. The first-order chi connectivity index (χ1) is 12.9. The number of rotatable bonds is 5. The van der Waals surface area contributed by atoms with Gasteiger partial charge in [0.2, 0.25) is 0 Å². The molecule has 2 aromatic rings. The van der Waals surface area contributed by atoms with Crippen molar-refractivity contribution in [3.8, 4) is 0 Å². The monoisotopic (exact) mass is 452 g/mol. The summed E-state index contributed by atoms with van der Waals surface area (Å²) in [5, 5.41) is -0.569. The molecule has 1 heterocycles. The van der Waals surface area contributed by atoms with Crippen LogP contribution in [0.3, 0.4) is 0 Å². The summed E-state index contributed by atoms with van der Waals surface area (Å²) >= 11 is 9.91. The number of alkyl halides is 2. The Morgan fingerprint density at radius 2 is 1.56 bits per heavy atom. The molecule has 2 aromatic carbocycles. The fourth-order valence-corrected chi connectivity index (χ4v) is 3.52. The first-order valence-corrected chi connectivity index (χ1v) is 9.65. The van der Waals surface area contributed by atoms with Crippen molar-refractivity contribution in [2.24, 2.45) is 0 Å². The van der Waals surface area contributed by atoms with Crippen molar-refractivity contribution in [1.29, 1.82) is 0 Å². The highest BCUT2D eigenvalue weighted by atomic mass is 79.9. The van der Waals surface area contributed by atoms with Crippen LogP contribution in [0, 0.1) is 0 Å². The maximum absolute atomic E-state index is 12.4. The Labute approximate surface area is 170 Å². The first-order valence-electron chi connectivity index (χ1n) is 8.36. The maximum Gasteiger partial charge on any atom is 0.338 e. The van der Waals surface area contributed by atoms with E-state index in [1.807, 2.05) is 12.1 Å². The molecule has 0 aliphatic carbocycles. The van der Waals surface area contributed by atoms with Gasteiger partial charge < -0.3 is 14.2 Å². The predicted molar refractivity (Wildman–Crippen MR) is 104 cm³/mol. The number of esters is 2. The van der Waals surface area contributed by atoms with Crippen molar-refractivity contribution in [1.82, 2.24) is 0 Å². The summed E-state index contributed by atoms with van der Waals surface area (Å²) in [5.41, 5.74) is 0.834. The summed E-state index contributed by atoms with van der Waals surface area (Å²) < 4.78 is 16.7. The van der Waals surface area contributed by atoms with Gasteiger partial charge in [-0.2, -0.15) is 0 Å². The zero-order chi connectivity index (χ0) is 19.4. The highest BCUT2D eigenvalue weighted by molar-refractivity contribution is 9.09. The minimum absolute atomic E-state index is 0.0924. The van der Waals surface area contributed by atoms with E-state index in [1.54, 1.807) is 55.5 Å². The van der Waals surface area contributed by atoms with Crippen LogP contribution >= 0.6 is 27.5 Å². The molecule has 1 saturated heterocycles. The van der Waals surface area contributed by atoms with E-state index in [2.05, 4.69) is 15.9 Å². The lowest BCUT2D eigenvalue weighted by atomic mass is 10.0. The van der Waals surface area contributed by atoms with Crippen LogP contribution in [0.25, 0.3) is 0 Å². The molecule has 7 heteroatoms. The fraction of sp³-hybridized carbons (Fsp3) is 0.300. The summed E-state index contributed by atoms with van der Waals surface area (Å²) in [6.07, 6.45) is -1.50. The lowest BCUT2D eigenvalue weighted by Crippen LogP contribution is -2.43. The molecule has 0 saturated carbocycles. The number of ether oxygens (including phenoxy) is 3. The van der Waals surface area contributed by atoms with Crippen LogP contribution in [0.2, 0.25) is 0 Å². The maximum atomic E-state index is 12.4. The van der Waals surface area contributed by atoms with E-state index in [0.29, 0.717) is 11.1 Å². The van der Waals surface area contributed by atoms with Crippen LogP contribution in [-0.2, 0) is 14.2 Å². The van der Waals surface area contributed by atoms with Crippen LogP contribution in [0.4, 0.5) is 0 Å². The van der Waals surface area contributed by atoms with Crippen molar-refractivity contribution >= 4 is 39.5 Å². The molecule has 0 spiro atoms. The molecule has 142 valence electrons. The molecule has 4 atom stereocenters. The van der Waals surface area contributed by atoms with Gasteiger partial charge in [0.05, 0.1) is 11.1 Å². The van der Waals surface area contributed by atoms with Crippen molar-refractivity contribution in [3.05, 3.63) is 71.8 Å². The molecule has 0 aromatic heterocycles. The molecule has 1 aliphatic rings. The number of hydrogen-bond donors (Lipinski definition) is 0. The normalized spacial score (nSPS) is 27.1. The second-order valence-corrected chi connectivity index (χ2v) is 7.94. The summed E-state index contributed by atoms with van der Waals surface area (Å²) in [6, 6.07) is 17.2. The average Bonchev–Trinajstić information content (AvgIpc) is 2.90.